The first-order valence-electron chi connectivity index (χ1n) is 9.80. The van der Waals surface area contributed by atoms with E-state index in [1.54, 1.807) is 34.1 Å². The van der Waals surface area contributed by atoms with Crippen LogP contribution >= 0.6 is 0 Å². The summed E-state index contributed by atoms with van der Waals surface area (Å²) in [5.74, 6) is -0.340. The number of hydrogen-bond acceptors (Lipinski definition) is 4. The first-order valence-corrected chi connectivity index (χ1v) is 11.5. The SMILES string of the molecule is CCS(=O)(=O)Nc1ccccc1C(=O)N1CCN(C(=O)Nc2cccc(C)c2)CC1. The van der Waals surface area contributed by atoms with Crippen molar-refractivity contribution in [1.29, 1.82) is 0 Å². The van der Waals surface area contributed by atoms with E-state index in [1.165, 1.54) is 6.92 Å². The lowest BCUT2D eigenvalue weighted by atomic mass is 10.1. The smallest absolute Gasteiger partial charge is 0.321 e. The van der Waals surface area contributed by atoms with Gasteiger partial charge in [-0.2, -0.15) is 0 Å². The van der Waals surface area contributed by atoms with Gasteiger partial charge in [0, 0.05) is 31.9 Å². The Morgan fingerprint density at radius 2 is 1.63 bits per heavy atom. The number of para-hydroxylation sites is 1. The van der Waals surface area contributed by atoms with E-state index >= 15 is 0 Å². The van der Waals surface area contributed by atoms with Crippen molar-refractivity contribution in [2.24, 2.45) is 0 Å². The number of rotatable bonds is 5. The summed E-state index contributed by atoms with van der Waals surface area (Å²) in [6, 6.07) is 13.9. The number of carbonyl (C=O) groups excluding carboxylic acids is 2. The molecule has 0 aromatic heterocycles. The standard InChI is InChI=1S/C21H26N4O4S/c1-3-30(28,29)23-19-10-5-4-9-18(19)20(26)24-11-13-25(14-12-24)21(27)22-17-8-6-7-16(2)15-17/h4-10,15,23H,3,11-14H2,1-2H3,(H,22,27). The summed E-state index contributed by atoms with van der Waals surface area (Å²) in [6.45, 7) is 5.02. The van der Waals surface area contributed by atoms with Gasteiger partial charge in [0.05, 0.1) is 17.0 Å². The van der Waals surface area contributed by atoms with Crippen LogP contribution < -0.4 is 10.0 Å². The second-order valence-corrected chi connectivity index (χ2v) is 9.14. The molecule has 8 nitrogen and oxygen atoms in total. The molecule has 160 valence electrons. The van der Waals surface area contributed by atoms with Crippen LogP contribution in [0.5, 0.6) is 0 Å². The normalized spacial score (nSPS) is 14.3. The Bertz CT molecular complexity index is 1030. The molecule has 1 aliphatic rings. The van der Waals surface area contributed by atoms with Crippen LogP contribution in [-0.2, 0) is 10.0 Å². The minimum absolute atomic E-state index is 0.0791. The van der Waals surface area contributed by atoms with Crippen LogP contribution in [0.4, 0.5) is 16.2 Å². The van der Waals surface area contributed by atoms with E-state index in [-0.39, 0.29) is 23.4 Å². The number of carbonyl (C=O) groups is 2. The molecule has 0 bridgehead atoms. The Labute approximate surface area is 176 Å². The summed E-state index contributed by atoms with van der Waals surface area (Å²) >= 11 is 0. The zero-order valence-electron chi connectivity index (χ0n) is 17.1. The van der Waals surface area contributed by atoms with E-state index in [9.17, 15) is 18.0 Å². The number of hydrogen-bond donors (Lipinski definition) is 2. The lowest BCUT2D eigenvalue weighted by Crippen LogP contribution is -2.51. The number of urea groups is 1. The van der Waals surface area contributed by atoms with Crippen molar-refractivity contribution < 1.29 is 18.0 Å². The summed E-state index contributed by atoms with van der Waals surface area (Å²) in [5.41, 5.74) is 2.35. The van der Waals surface area contributed by atoms with E-state index in [1.807, 2.05) is 31.2 Å². The van der Waals surface area contributed by atoms with E-state index in [0.29, 0.717) is 31.7 Å². The lowest BCUT2D eigenvalue weighted by molar-refractivity contribution is 0.0672. The van der Waals surface area contributed by atoms with Gasteiger partial charge in [-0.15, -0.1) is 0 Å². The van der Waals surface area contributed by atoms with Gasteiger partial charge in [0.2, 0.25) is 10.0 Å². The largest absolute Gasteiger partial charge is 0.335 e. The molecule has 0 atom stereocenters. The number of nitrogens with one attached hydrogen (secondary N) is 2. The zero-order chi connectivity index (χ0) is 21.7. The molecule has 30 heavy (non-hydrogen) atoms. The van der Waals surface area contributed by atoms with E-state index in [0.717, 1.165) is 11.3 Å². The van der Waals surface area contributed by atoms with Gasteiger partial charge in [-0.25, -0.2) is 13.2 Å². The summed E-state index contributed by atoms with van der Waals surface area (Å²) < 4.78 is 26.3. The quantitative estimate of drug-likeness (QED) is 0.762. The van der Waals surface area contributed by atoms with Crippen molar-refractivity contribution >= 4 is 33.3 Å². The van der Waals surface area contributed by atoms with Gasteiger partial charge in [-0.05, 0) is 43.7 Å². The van der Waals surface area contributed by atoms with Gasteiger partial charge >= 0.3 is 6.03 Å². The van der Waals surface area contributed by atoms with Gasteiger partial charge < -0.3 is 15.1 Å². The van der Waals surface area contributed by atoms with Crippen molar-refractivity contribution in [2.75, 3.05) is 42.0 Å². The zero-order valence-corrected chi connectivity index (χ0v) is 17.9. The van der Waals surface area contributed by atoms with E-state index in [2.05, 4.69) is 10.0 Å². The molecule has 2 aromatic carbocycles. The number of benzene rings is 2. The topological polar surface area (TPSA) is 98.8 Å². The number of nitrogens with zero attached hydrogens (tertiary/aromatic N) is 2. The predicted molar refractivity (Wildman–Crippen MR) is 117 cm³/mol. The first-order chi connectivity index (χ1) is 14.3. The van der Waals surface area contributed by atoms with Crippen LogP contribution in [0.2, 0.25) is 0 Å². The lowest BCUT2D eigenvalue weighted by Gasteiger charge is -2.35. The fraction of sp³-hybridized carbons (Fsp3) is 0.333. The van der Waals surface area contributed by atoms with Crippen molar-refractivity contribution in [3.05, 3.63) is 59.7 Å². The van der Waals surface area contributed by atoms with Crippen molar-refractivity contribution in [1.82, 2.24) is 9.80 Å². The molecule has 0 spiro atoms. The number of sulfonamides is 1. The maximum absolute atomic E-state index is 13.0. The average molecular weight is 431 g/mol. The molecule has 2 aromatic rings. The second kappa shape index (κ2) is 9.17. The highest BCUT2D eigenvalue weighted by Gasteiger charge is 2.26. The molecule has 9 heteroatoms. The fourth-order valence-electron chi connectivity index (χ4n) is 3.21. The fourth-order valence-corrected chi connectivity index (χ4v) is 3.86. The summed E-state index contributed by atoms with van der Waals surface area (Å²) in [7, 11) is -3.49. The summed E-state index contributed by atoms with van der Waals surface area (Å²) in [5, 5.41) is 2.88. The van der Waals surface area contributed by atoms with Crippen LogP contribution in [0.1, 0.15) is 22.8 Å². The minimum atomic E-state index is -3.49. The maximum Gasteiger partial charge on any atom is 0.321 e. The Balaban J connectivity index is 1.63. The van der Waals surface area contributed by atoms with Crippen LogP contribution in [-0.4, -0.2) is 62.1 Å². The maximum atomic E-state index is 13.0. The highest BCUT2D eigenvalue weighted by Crippen LogP contribution is 2.20. The Morgan fingerprint density at radius 1 is 0.967 bits per heavy atom. The molecule has 3 amide bonds. The Morgan fingerprint density at radius 3 is 2.30 bits per heavy atom. The third-order valence-electron chi connectivity index (χ3n) is 4.93. The van der Waals surface area contributed by atoms with Crippen LogP contribution in [0, 0.1) is 6.92 Å². The van der Waals surface area contributed by atoms with Gasteiger partial charge in [-0.1, -0.05) is 24.3 Å². The second-order valence-electron chi connectivity index (χ2n) is 7.13. The van der Waals surface area contributed by atoms with Gasteiger partial charge in [0.1, 0.15) is 0 Å². The van der Waals surface area contributed by atoms with E-state index in [4.69, 9.17) is 0 Å². The van der Waals surface area contributed by atoms with Crippen molar-refractivity contribution in [3.8, 4) is 0 Å². The van der Waals surface area contributed by atoms with Crippen LogP contribution in [0.15, 0.2) is 48.5 Å². The number of anilines is 2. The van der Waals surface area contributed by atoms with Crippen molar-refractivity contribution in [3.63, 3.8) is 0 Å². The van der Waals surface area contributed by atoms with E-state index < -0.39 is 10.0 Å². The highest BCUT2D eigenvalue weighted by molar-refractivity contribution is 7.92. The summed E-state index contributed by atoms with van der Waals surface area (Å²) in [4.78, 5) is 28.8. The monoisotopic (exact) mass is 430 g/mol. The molecular formula is C21H26N4O4S. The molecule has 1 aliphatic heterocycles. The minimum Gasteiger partial charge on any atom is -0.335 e. The molecule has 1 heterocycles. The molecule has 1 fully saturated rings. The van der Waals surface area contributed by atoms with Gasteiger partial charge in [-0.3, -0.25) is 9.52 Å². The number of amides is 3. The third kappa shape index (κ3) is 5.29. The number of aryl methyl sites for hydroxylation is 1. The van der Waals surface area contributed by atoms with Crippen LogP contribution in [0.3, 0.4) is 0 Å². The average Bonchev–Trinajstić information content (AvgIpc) is 2.73. The van der Waals surface area contributed by atoms with Crippen molar-refractivity contribution in [2.45, 2.75) is 13.8 Å². The number of piperazine rings is 1. The third-order valence-corrected chi connectivity index (χ3v) is 6.22. The first kappa shape index (κ1) is 21.6. The van der Waals surface area contributed by atoms with Gasteiger partial charge in [0.15, 0.2) is 0 Å². The molecular weight excluding hydrogens is 404 g/mol. The summed E-state index contributed by atoms with van der Waals surface area (Å²) in [6.07, 6.45) is 0. The molecule has 0 saturated carbocycles. The molecule has 0 radical (unpaired) electrons. The molecule has 3 rings (SSSR count). The Hall–Kier alpha value is -3.07. The molecule has 2 N–H and O–H groups in total. The Kier molecular flexibility index (Phi) is 6.61. The molecule has 0 aliphatic carbocycles. The highest BCUT2D eigenvalue weighted by atomic mass is 32.2. The predicted octanol–water partition coefficient (Wildman–Crippen LogP) is 2.75. The molecule has 1 saturated heterocycles. The molecule has 0 unspecified atom stereocenters. The van der Waals surface area contributed by atoms with Crippen LogP contribution in [0.25, 0.3) is 0 Å². The van der Waals surface area contributed by atoms with Gasteiger partial charge in [0.25, 0.3) is 5.91 Å².